The molecule has 0 saturated heterocycles. The number of carbonyl (C=O) groups excluding carboxylic acids is 2. The summed E-state index contributed by atoms with van der Waals surface area (Å²) in [6.45, 7) is 7.25. The fourth-order valence-electron chi connectivity index (χ4n) is 1.00. The van der Waals surface area contributed by atoms with Crippen molar-refractivity contribution in [3.05, 3.63) is 5.51 Å². The first-order valence-corrected chi connectivity index (χ1v) is 7.10. The summed E-state index contributed by atoms with van der Waals surface area (Å²) in [5.74, 6) is -0.350. The van der Waals surface area contributed by atoms with Crippen LogP contribution in [-0.2, 0) is 4.79 Å². The molecule has 2 N–H and O–H groups in total. The summed E-state index contributed by atoms with van der Waals surface area (Å²) in [5.41, 5.74) is 1.22. The molecule has 0 aromatic carbocycles. The Morgan fingerprint density at radius 1 is 1.44 bits per heavy atom. The lowest BCUT2D eigenvalue weighted by atomic mass is 10.1. The van der Waals surface area contributed by atoms with E-state index in [1.54, 1.807) is 12.4 Å². The summed E-state index contributed by atoms with van der Waals surface area (Å²) in [6, 6.07) is -0.489. The predicted octanol–water partition coefficient (Wildman–Crippen LogP) is 1.64. The second-order valence-corrected chi connectivity index (χ2v) is 7.08. The van der Waals surface area contributed by atoms with E-state index in [4.69, 9.17) is 0 Å². The Hall–Kier alpha value is -1.15. The van der Waals surface area contributed by atoms with Crippen LogP contribution in [-0.4, -0.2) is 32.9 Å². The number of nitrogens with one attached hydrogen (secondary N) is 2. The van der Waals surface area contributed by atoms with E-state index in [0.29, 0.717) is 4.34 Å². The molecule has 0 aliphatic rings. The molecule has 0 saturated carbocycles. The molecule has 1 heterocycles. The maximum Gasteiger partial charge on any atom is 0.321 e. The van der Waals surface area contributed by atoms with E-state index in [-0.39, 0.29) is 11.4 Å². The molecule has 1 aromatic rings. The number of hydrogen-bond donors (Lipinski definition) is 2. The molecule has 1 aromatic heterocycles. The Morgan fingerprint density at radius 3 is 2.61 bits per heavy atom. The summed E-state index contributed by atoms with van der Waals surface area (Å²) in [4.78, 5) is 23.2. The van der Waals surface area contributed by atoms with Crippen LogP contribution >= 0.6 is 23.1 Å². The van der Waals surface area contributed by atoms with Gasteiger partial charge >= 0.3 is 6.03 Å². The number of rotatable bonds is 3. The van der Waals surface area contributed by atoms with E-state index in [2.05, 4.69) is 20.8 Å². The SMILES string of the molecule is C[C@H](Sc1nncs1)C(=O)NC(=O)NC(C)(C)C. The third-order valence-electron chi connectivity index (χ3n) is 1.71. The van der Waals surface area contributed by atoms with Crippen molar-refractivity contribution in [2.75, 3.05) is 0 Å². The molecule has 0 aliphatic heterocycles. The maximum atomic E-state index is 11.7. The van der Waals surface area contributed by atoms with Gasteiger partial charge in [0.05, 0.1) is 5.25 Å². The van der Waals surface area contributed by atoms with Gasteiger partial charge in [-0.3, -0.25) is 10.1 Å². The molecule has 18 heavy (non-hydrogen) atoms. The Bertz CT molecular complexity index is 414. The molecule has 3 amide bonds. The lowest BCUT2D eigenvalue weighted by Gasteiger charge is -2.20. The van der Waals surface area contributed by atoms with Gasteiger partial charge in [0.1, 0.15) is 5.51 Å². The van der Waals surface area contributed by atoms with Gasteiger partial charge in [-0.15, -0.1) is 10.2 Å². The number of carbonyl (C=O) groups is 2. The molecule has 0 unspecified atom stereocenters. The standard InChI is InChI=1S/C10H16N4O2S2/c1-6(18-9-14-11-5-17-9)7(15)12-8(16)13-10(2,3)4/h5-6H,1-4H3,(H2,12,13,15,16)/t6-/m0/s1. The number of thioether (sulfide) groups is 1. The van der Waals surface area contributed by atoms with Crippen molar-refractivity contribution in [3.8, 4) is 0 Å². The van der Waals surface area contributed by atoms with Crippen LogP contribution in [0.15, 0.2) is 9.85 Å². The first-order chi connectivity index (χ1) is 8.28. The second kappa shape index (κ2) is 6.14. The van der Waals surface area contributed by atoms with Gasteiger partial charge in [-0.05, 0) is 27.7 Å². The minimum absolute atomic E-state index is 0.350. The lowest BCUT2D eigenvalue weighted by Crippen LogP contribution is -2.49. The van der Waals surface area contributed by atoms with E-state index in [0.717, 1.165) is 0 Å². The molecule has 8 heteroatoms. The quantitative estimate of drug-likeness (QED) is 0.826. The summed E-state index contributed by atoms with van der Waals surface area (Å²) < 4.78 is 0.703. The van der Waals surface area contributed by atoms with Crippen LogP contribution in [0.2, 0.25) is 0 Å². The van der Waals surface area contributed by atoms with Crippen molar-refractivity contribution in [3.63, 3.8) is 0 Å². The average Bonchev–Trinajstić information content (AvgIpc) is 2.66. The fourth-order valence-corrected chi connectivity index (χ4v) is 2.63. The highest BCUT2D eigenvalue weighted by Gasteiger charge is 2.20. The van der Waals surface area contributed by atoms with Crippen molar-refractivity contribution in [2.24, 2.45) is 0 Å². The minimum atomic E-state index is -0.489. The highest BCUT2D eigenvalue weighted by atomic mass is 32.2. The minimum Gasteiger partial charge on any atom is -0.333 e. The molecule has 6 nitrogen and oxygen atoms in total. The van der Waals surface area contributed by atoms with Crippen molar-refractivity contribution >= 4 is 35.0 Å². The first-order valence-electron chi connectivity index (χ1n) is 5.34. The van der Waals surface area contributed by atoms with Gasteiger partial charge in [0.25, 0.3) is 0 Å². The van der Waals surface area contributed by atoms with Crippen LogP contribution in [0, 0.1) is 0 Å². The first kappa shape index (κ1) is 14.9. The zero-order chi connectivity index (χ0) is 13.8. The van der Waals surface area contributed by atoms with E-state index in [9.17, 15) is 9.59 Å². The van der Waals surface area contributed by atoms with Crippen LogP contribution in [0.4, 0.5) is 4.79 Å². The van der Waals surface area contributed by atoms with Gasteiger partial charge in [-0.2, -0.15) is 0 Å². The third-order valence-corrected chi connectivity index (χ3v) is 3.62. The zero-order valence-electron chi connectivity index (χ0n) is 10.7. The Morgan fingerprint density at radius 2 is 2.11 bits per heavy atom. The number of nitrogens with zero attached hydrogens (tertiary/aromatic N) is 2. The van der Waals surface area contributed by atoms with Crippen LogP contribution in [0.3, 0.4) is 0 Å². The highest BCUT2D eigenvalue weighted by molar-refractivity contribution is 8.02. The smallest absolute Gasteiger partial charge is 0.321 e. The summed E-state index contributed by atoms with van der Waals surface area (Å²) in [7, 11) is 0. The Kier molecular flexibility index (Phi) is 5.09. The Labute approximate surface area is 114 Å². The van der Waals surface area contributed by atoms with Crippen LogP contribution in [0.1, 0.15) is 27.7 Å². The number of aromatic nitrogens is 2. The molecule has 100 valence electrons. The topological polar surface area (TPSA) is 84.0 Å². The van der Waals surface area contributed by atoms with Gasteiger partial charge in [-0.1, -0.05) is 23.1 Å². The largest absolute Gasteiger partial charge is 0.333 e. The van der Waals surface area contributed by atoms with E-state index >= 15 is 0 Å². The van der Waals surface area contributed by atoms with Crippen molar-refractivity contribution in [1.82, 2.24) is 20.8 Å². The van der Waals surface area contributed by atoms with Crippen molar-refractivity contribution in [2.45, 2.75) is 42.8 Å². The van der Waals surface area contributed by atoms with Crippen LogP contribution in [0.25, 0.3) is 0 Å². The molecular formula is C10H16N4O2S2. The molecule has 0 aliphatic carbocycles. The van der Waals surface area contributed by atoms with Crippen LogP contribution in [0.5, 0.6) is 0 Å². The van der Waals surface area contributed by atoms with E-state index in [1.165, 1.54) is 23.1 Å². The zero-order valence-corrected chi connectivity index (χ0v) is 12.3. The number of urea groups is 1. The molecule has 0 spiro atoms. The second-order valence-electron chi connectivity index (χ2n) is 4.66. The third kappa shape index (κ3) is 5.46. The highest BCUT2D eigenvalue weighted by Crippen LogP contribution is 2.23. The average molecular weight is 288 g/mol. The molecule has 1 rings (SSSR count). The van der Waals surface area contributed by atoms with Gasteiger partial charge in [0, 0.05) is 5.54 Å². The Balaban J connectivity index is 2.43. The number of imide groups is 1. The van der Waals surface area contributed by atoms with E-state index in [1.807, 2.05) is 20.8 Å². The van der Waals surface area contributed by atoms with Crippen molar-refractivity contribution < 1.29 is 9.59 Å². The van der Waals surface area contributed by atoms with Crippen LogP contribution < -0.4 is 10.6 Å². The lowest BCUT2D eigenvalue weighted by molar-refractivity contribution is -0.119. The predicted molar refractivity (Wildman–Crippen MR) is 71.7 cm³/mol. The maximum absolute atomic E-state index is 11.7. The monoisotopic (exact) mass is 288 g/mol. The fraction of sp³-hybridized carbons (Fsp3) is 0.600. The van der Waals surface area contributed by atoms with Gasteiger partial charge in [-0.25, -0.2) is 4.79 Å². The summed E-state index contributed by atoms with van der Waals surface area (Å²) >= 11 is 2.63. The van der Waals surface area contributed by atoms with Crippen molar-refractivity contribution in [1.29, 1.82) is 0 Å². The van der Waals surface area contributed by atoms with Gasteiger partial charge in [0.2, 0.25) is 5.91 Å². The summed E-state index contributed by atoms with van der Waals surface area (Å²) in [5, 5.41) is 12.1. The molecule has 1 atom stereocenters. The molecule has 0 fully saturated rings. The number of amides is 3. The number of hydrogen-bond acceptors (Lipinski definition) is 6. The normalized spacial score (nSPS) is 12.9. The summed E-state index contributed by atoms with van der Waals surface area (Å²) in [6.07, 6.45) is 0. The van der Waals surface area contributed by atoms with Gasteiger partial charge < -0.3 is 5.32 Å². The molecule has 0 bridgehead atoms. The molecular weight excluding hydrogens is 272 g/mol. The van der Waals surface area contributed by atoms with Gasteiger partial charge in [0.15, 0.2) is 4.34 Å². The van der Waals surface area contributed by atoms with E-state index < -0.39 is 11.3 Å². The molecule has 0 radical (unpaired) electrons.